The van der Waals surface area contributed by atoms with Crippen molar-refractivity contribution >= 4 is 50.7 Å². The number of hydrogen-bond donors (Lipinski definition) is 1. The molecule has 0 fully saturated rings. The lowest BCUT2D eigenvalue weighted by atomic mass is 10.1. The number of nitrogens with one attached hydrogen (secondary N) is 1. The van der Waals surface area contributed by atoms with E-state index in [0.717, 1.165) is 16.1 Å². The van der Waals surface area contributed by atoms with Gasteiger partial charge in [-0.05, 0) is 31.0 Å². The van der Waals surface area contributed by atoms with Crippen LogP contribution >= 0.6 is 23.2 Å². The monoisotopic (exact) mass is 499 g/mol. The highest BCUT2D eigenvalue weighted by atomic mass is 35.5. The van der Waals surface area contributed by atoms with Gasteiger partial charge >= 0.3 is 0 Å². The molecule has 1 unspecified atom stereocenters. The van der Waals surface area contributed by atoms with Gasteiger partial charge < -0.3 is 10.2 Å². The number of amides is 2. The largest absolute Gasteiger partial charge is 0.355 e. The minimum absolute atomic E-state index is 0.0257. The number of carbonyl (C=O) groups is 2. The summed E-state index contributed by atoms with van der Waals surface area (Å²) in [4.78, 5) is 27.5. The van der Waals surface area contributed by atoms with Crippen LogP contribution in [-0.4, -0.2) is 50.5 Å². The van der Waals surface area contributed by atoms with Gasteiger partial charge in [-0.2, -0.15) is 0 Å². The van der Waals surface area contributed by atoms with Crippen LogP contribution in [0.5, 0.6) is 0 Å². The number of hydrogen-bond acceptors (Lipinski definition) is 4. The number of anilines is 1. The maximum atomic E-state index is 13.4. The van der Waals surface area contributed by atoms with Crippen LogP contribution < -0.4 is 9.62 Å². The number of rotatable bonds is 10. The quantitative estimate of drug-likeness (QED) is 0.539. The standard InChI is InChI=1S/C22H27Cl2N3O4S/c1-4-18(22(29)25-5-2)26(14-16-10-7-6-8-11-16)20(28)15-27(32(3,30)31)19-13-9-12-17(23)21(19)24/h6-13,18H,4-5,14-15H2,1-3H3,(H,25,29). The fourth-order valence-electron chi connectivity index (χ4n) is 3.27. The van der Waals surface area contributed by atoms with E-state index in [-0.39, 0.29) is 28.2 Å². The van der Waals surface area contributed by atoms with E-state index in [2.05, 4.69) is 5.32 Å². The highest BCUT2D eigenvalue weighted by Crippen LogP contribution is 2.33. The molecule has 0 spiro atoms. The van der Waals surface area contributed by atoms with Gasteiger partial charge in [0.1, 0.15) is 12.6 Å². The summed E-state index contributed by atoms with van der Waals surface area (Å²) in [5.74, 6) is -0.834. The molecule has 1 N–H and O–H groups in total. The van der Waals surface area contributed by atoms with E-state index in [4.69, 9.17) is 23.2 Å². The second kappa shape index (κ2) is 11.5. The van der Waals surface area contributed by atoms with E-state index >= 15 is 0 Å². The van der Waals surface area contributed by atoms with Gasteiger partial charge in [-0.1, -0.05) is 66.5 Å². The molecule has 2 rings (SSSR count). The Kier molecular flexibility index (Phi) is 9.36. The van der Waals surface area contributed by atoms with Crippen molar-refractivity contribution in [2.45, 2.75) is 32.9 Å². The Morgan fingerprint density at radius 1 is 1.03 bits per heavy atom. The van der Waals surface area contributed by atoms with Crippen molar-refractivity contribution < 1.29 is 18.0 Å². The van der Waals surface area contributed by atoms with Gasteiger partial charge in [0, 0.05) is 13.1 Å². The van der Waals surface area contributed by atoms with Crippen molar-refractivity contribution in [3.05, 3.63) is 64.1 Å². The van der Waals surface area contributed by atoms with Crippen molar-refractivity contribution in [2.75, 3.05) is 23.7 Å². The van der Waals surface area contributed by atoms with E-state index < -0.39 is 28.5 Å². The van der Waals surface area contributed by atoms with E-state index in [1.807, 2.05) is 30.3 Å². The average Bonchev–Trinajstić information content (AvgIpc) is 2.74. The number of likely N-dealkylation sites (N-methyl/N-ethyl adjacent to an activating group) is 1. The molecule has 2 amide bonds. The molecule has 174 valence electrons. The lowest BCUT2D eigenvalue weighted by Crippen LogP contribution is -2.52. The SMILES string of the molecule is CCNC(=O)C(CC)N(Cc1ccccc1)C(=O)CN(c1cccc(Cl)c1Cl)S(C)(=O)=O. The van der Waals surface area contributed by atoms with E-state index in [1.54, 1.807) is 19.9 Å². The predicted octanol–water partition coefficient (Wildman–Crippen LogP) is 3.70. The van der Waals surface area contributed by atoms with Gasteiger partial charge in [0.05, 0.1) is 22.0 Å². The number of carbonyl (C=O) groups excluding carboxylic acids is 2. The molecular formula is C22H27Cl2N3O4S. The first-order chi connectivity index (χ1) is 15.1. The Morgan fingerprint density at radius 2 is 1.69 bits per heavy atom. The number of benzene rings is 2. The summed E-state index contributed by atoms with van der Waals surface area (Å²) in [6.45, 7) is 3.63. The van der Waals surface area contributed by atoms with Crippen molar-refractivity contribution in [2.24, 2.45) is 0 Å². The van der Waals surface area contributed by atoms with Gasteiger partial charge in [-0.25, -0.2) is 8.42 Å². The second-order valence-electron chi connectivity index (χ2n) is 7.17. The van der Waals surface area contributed by atoms with Gasteiger partial charge in [-0.3, -0.25) is 13.9 Å². The fourth-order valence-corrected chi connectivity index (χ4v) is 4.57. The minimum atomic E-state index is -3.88. The molecule has 32 heavy (non-hydrogen) atoms. The third-order valence-corrected chi connectivity index (χ3v) is 6.75. The van der Waals surface area contributed by atoms with Crippen LogP contribution in [0, 0.1) is 0 Å². The number of halogens is 2. The topological polar surface area (TPSA) is 86.8 Å². The van der Waals surface area contributed by atoms with E-state index in [0.29, 0.717) is 13.0 Å². The summed E-state index contributed by atoms with van der Waals surface area (Å²) in [5.41, 5.74) is 0.913. The third-order valence-electron chi connectivity index (χ3n) is 4.81. The van der Waals surface area contributed by atoms with Crippen molar-refractivity contribution in [1.82, 2.24) is 10.2 Å². The molecule has 0 heterocycles. The predicted molar refractivity (Wildman–Crippen MR) is 128 cm³/mol. The first kappa shape index (κ1) is 26.0. The molecule has 7 nitrogen and oxygen atoms in total. The lowest BCUT2D eigenvalue weighted by molar-refractivity contribution is -0.140. The van der Waals surface area contributed by atoms with E-state index in [9.17, 15) is 18.0 Å². The van der Waals surface area contributed by atoms with Crippen LogP contribution in [0.15, 0.2) is 48.5 Å². The van der Waals surface area contributed by atoms with Gasteiger partial charge in [0.2, 0.25) is 21.8 Å². The lowest BCUT2D eigenvalue weighted by Gasteiger charge is -2.33. The van der Waals surface area contributed by atoms with Crippen LogP contribution in [0.25, 0.3) is 0 Å². The zero-order valence-electron chi connectivity index (χ0n) is 18.2. The zero-order valence-corrected chi connectivity index (χ0v) is 20.5. The van der Waals surface area contributed by atoms with Crippen LogP contribution in [0.1, 0.15) is 25.8 Å². The summed E-state index contributed by atoms with van der Waals surface area (Å²) in [6, 6.07) is 13.0. The number of sulfonamides is 1. The van der Waals surface area contributed by atoms with Gasteiger partial charge in [0.15, 0.2) is 0 Å². The number of nitrogens with zero attached hydrogens (tertiary/aromatic N) is 2. The Hall–Kier alpha value is -2.29. The van der Waals surface area contributed by atoms with Gasteiger partial charge in [-0.15, -0.1) is 0 Å². The molecule has 0 aliphatic carbocycles. The molecule has 2 aromatic carbocycles. The Morgan fingerprint density at radius 3 is 2.25 bits per heavy atom. The van der Waals surface area contributed by atoms with Gasteiger partial charge in [0.25, 0.3) is 0 Å². The van der Waals surface area contributed by atoms with Crippen LogP contribution in [0.2, 0.25) is 10.0 Å². The summed E-state index contributed by atoms with van der Waals surface area (Å²) in [6.07, 6.45) is 1.35. The van der Waals surface area contributed by atoms with E-state index in [1.165, 1.54) is 17.0 Å². The smallest absolute Gasteiger partial charge is 0.244 e. The van der Waals surface area contributed by atoms with Crippen molar-refractivity contribution in [3.63, 3.8) is 0 Å². The van der Waals surface area contributed by atoms with Crippen LogP contribution in [-0.2, 0) is 26.2 Å². The molecule has 0 aliphatic rings. The first-order valence-corrected chi connectivity index (χ1v) is 12.7. The molecule has 0 bridgehead atoms. The molecular weight excluding hydrogens is 473 g/mol. The summed E-state index contributed by atoms with van der Waals surface area (Å²) in [5, 5.41) is 2.94. The van der Waals surface area contributed by atoms with Crippen LogP contribution in [0.3, 0.4) is 0 Å². The summed E-state index contributed by atoms with van der Waals surface area (Å²) in [7, 11) is -3.88. The maximum absolute atomic E-state index is 13.4. The molecule has 10 heteroatoms. The minimum Gasteiger partial charge on any atom is -0.355 e. The highest BCUT2D eigenvalue weighted by molar-refractivity contribution is 7.92. The normalized spacial score (nSPS) is 12.2. The highest BCUT2D eigenvalue weighted by Gasteiger charge is 2.32. The zero-order chi connectivity index (χ0) is 23.9. The first-order valence-electron chi connectivity index (χ1n) is 10.1. The maximum Gasteiger partial charge on any atom is 0.244 e. The average molecular weight is 500 g/mol. The summed E-state index contributed by atoms with van der Waals surface area (Å²) >= 11 is 12.3. The molecule has 0 aliphatic heterocycles. The summed E-state index contributed by atoms with van der Waals surface area (Å²) < 4.78 is 26.0. The Bertz CT molecular complexity index is 1050. The second-order valence-corrected chi connectivity index (χ2v) is 9.86. The van der Waals surface area contributed by atoms with Crippen molar-refractivity contribution in [3.8, 4) is 0 Å². The molecule has 1 atom stereocenters. The van der Waals surface area contributed by atoms with Crippen LogP contribution in [0.4, 0.5) is 5.69 Å². The molecule has 0 saturated carbocycles. The fraction of sp³-hybridized carbons (Fsp3) is 0.364. The Balaban J connectivity index is 2.45. The molecule has 0 saturated heterocycles. The Labute approximate surface area is 199 Å². The molecule has 0 radical (unpaired) electrons. The molecule has 0 aromatic heterocycles. The third kappa shape index (κ3) is 6.60. The van der Waals surface area contributed by atoms with Crippen molar-refractivity contribution in [1.29, 1.82) is 0 Å². The molecule has 2 aromatic rings.